The fourth-order valence-corrected chi connectivity index (χ4v) is 4.11. The minimum atomic E-state index is -0.0452. The molecule has 1 aliphatic rings. The van der Waals surface area contributed by atoms with Gasteiger partial charge in [0.25, 0.3) is 0 Å². The van der Waals surface area contributed by atoms with Crippen molar-refractivity contribution in [1.82, 2.24) is 4.90 Å². The largest absolute Gasteiger partial charge is 0.465 e. The molecule has 0 saturated carbocycles. The van der Waals surface area contributed by atoms with Crippen LogP contribution in [0.25, 0.3) is 0 Å². The van der Waals surface area contributed by atoms with Gasteiger partial charge in [0.1, 0.15) is 0 Å². The molecule has 0 unspecified atom stereocenters. The highest BCUT2D eigenvalue weighted by molar-refractivity contribution is 5.77. The highest BCUT2D eigenvalue weighted by Crippen LogP contribution is 2.20. The fourth-order valence-electron chi connectivity index (χ4n) is 4.11. The quantitative estimate of drug-likeness (QED) is 0.199. The summed E-state index contributed by atoms with van der Waals surface area (Å²) in [5, 5.41) is 0. The first kappa shape index (κ1) is 26.0. The van der Waals surface area contributed by atoms with E-state index in [-0.39, 0.29) is 17.8 Å². The standard InChI is InChI=1S/C25H47NO3/c1-3-5-7-9-10-11-12-14-16-22-29-25(28)23-18-20-26(21-19-23)24(27)17-15-13-8-6-4-2/h23H,3-22H2,1-2H3. The number of amides is 1. The van der Waals surface area contributed by atoms with Crippen molar-refractivity contribution < 1.29 is 14.3 Å². The highest BCUT2D eigenvalue weighted by atomic mass is 16.5. The lowest BCUT2D eigenvalue weighted by Gasteiger charge is -2.31. The Kier molecular flexibility index (Phi) is 15.9. The number of ether oxygens (including phenoxy) is 1. The number of hydrogen-bond donors (Lipinski definition) is 0. The first-order valence-corrected chi connectivity index (χ1v) is 12.6. The van der Waals surface area contributed by atoms with Crippen molar-refractivity contribution in [1.29, 1.82) is 0 Å². The predicted octanol–water partition coefficient (Wildman–Crippen LogP) is 6.66. The molecular weight excluding hydrogens is 362 g/mol. The Morgan fingerprint density at radius 1 is 0.724 bits per heavy atom. The summed E-state index contributed by atoms with van der Waals surface area (Å²) in [6.07, 6.45) is 19.5. The van der Waals surface area contributed by atoms with Crippen LogP contribution in [-0.4, -0.2) is 36.5 Å². The van der Waals surface area contributed by atoms with Crippen molar-refractivity contribution in [3.8, 4) is 0 Å². The van der Waals surface area contributed by atoms with Crippen LogP contribution in [0.5, 0.6) is 0 Å². The van der Waals surface area contributed by atoms with Gasteiger partial charge < -0.3 is 9.64 Å². The van der Waals surface area contributed by atoms with E-state index >= 15 is 0 Å². The van der Waals surface area contributed by atoms with Crippen LogP contribution in [0.4, 0.5) is 0 Å². The Bertz CT molecular complexity index is 416. The second-order valence-electron chi connectivity index (χ2n) is 8.82. The Morgan fingerprint density at radius 2 is 1.21 bits per heavy atom. The Balaban J connectivity index is 2.00. The molecule has 0 atom stereocenters. The number of nitrogens with zero attached hydrogens (tertiary/aromatic N) is 1. The van der Waals surface area contributed by atoms with Gasteiger partial charge in [-0.3, -0.25) is 9.59 Å². The van der Waals surface area contributed by atoms with Gasteiger partial charge in [0, 0.05) is 19.5 Å². The molecule has 0 radical (unpaired) electrons. The lowest BCUT2D eigenvalue weighted by molar-refractivity contribution is -0.151. The first-order chi connectivity index (χ1) is 14.2. The van der Waals surface area contributed by atoms with Crippen LogP contribution in [0.3, 0.4) is 0 Å². The lowest BCUT2D eigenvalue weighted by Crippen LogP contribution is -2.40. The van der Waals surface area contributed by atoms with E-state index in [4.69, 9.17) is 4.74 Å². The third kappa shape index (κ3) is 13.0. The number of hydrogen-bond acceptors (Lipinski definition) is 3. The topological polar surface area (TPSA) is 46.6 Å². The van der Waals surface area contributed by atoms with Crippen molar-refractivity contribution in [3.05, 3.63) is 0 Å². The molecule has 4 nitrogen and oxygen atoms in total. The van der Waals surface area contributed by atoms with E-state index in [1.54, 1.807) is 0 Å². The number of carbonyl (C=O) groups is 2. The average Bonchev–Trinajstić information content (AvgIpc) is 2.74. The van der Waals surface area contributed by atoms with Gasteiger partial charge in [-0.15, -0.1) is 0 Å². The third-order valence-corrected chi connectivity index (χ3v) is 6.17. The molecule has 0 aromatic heterocycles. The van der Waals surface area contributed by atoms with Crippen LogP contribution in [0.15, 0.2) is 0 Å². The Hall–Kier alpha value is -1.06. The van der Waals surface area contributed by atoms with E-state index in [1.807, 2.05) is 4.90 Å². The van der Waals surface area contributed by atoms with E-state index in [0.717, 1.165) is 38.5 Å². The van der Waals surface area contributed by atoms with Gasteiger partial charge in [-0.2, -0.15) is 0 Å². The summed E-state index contributed by atoms with van der Waals surface area (Å²) in [6, 6.07) is 0. The number of rotatable bonds is 17. The summed E-state index contributed by atoms with van der Waals surface area (Å²) in [5.74, 6) is 0.210. The zero-order chi connectivity index (χ0) is 21.2. The monoisotopic (exact) mass is 409 g/mol. The van der Waals surface area contributed by atoms with Gasteiger partial charge in [-0.25, -0.2) is 0 Å². The molecule has 0 bridgehead atoms. The van der Waals surface area contributed by atoms with Crippen LogP contribution in [0, 0.1) is 5.92 Å². The van der Waals surface area contributed by atoms with Crippen molar-refractivity contribution in [3.63, 3.8) is 0 Å². The molecule has 1 saturated heterocycles. The maximum Gasteiger partial charge on any atom is 0.309 e. The molecule has 1 amide bonds. The van der Waals surface area contributed by atoms with Gasteiger partial charge in [0.15, 0.2) is 0 Å². The molecule has 0 spiro atoms. The molecule has 4 heteroatoms. The summed E-state index contributed by atoms with van der Waals surface area (Å²) in [4.78, 5) is 26.5. The molecule has 170 valence electrons. The highest BCUT2D eigenvalue weighted by Gasteiger charge is 2.27. The van der Waals surface area contributed by atoms with Crippen molar-refractivity contribution >= 4 is 11.9 Å². The Labute approximate surface area is 180 Å². The van der Waals surface area contributed by atoms with Crippen LogP contribution < -0.4 is 0 Å². The fraction of sp³-hybridized carbons (Fsp3) is 0.920. The van der Waals surface area contributed by atoms with Crippen molar-refractivity contribution in [2.45, 2.75) is 123 Å². The molecule has 0 aromatic rings. The molecule has 1 fully saturated rings. The zero-order valence-corrected chi connectivity index (χ0v) is 19.4. The van der Waals surface area contributed by atoms with Crippen molar-refractivity contribution in [2.24, 2.45) is 5.92 Å². The number of piperidine rings is 1. The molecule has 0 N–H and O–H groups in total. The van der Waals surface area contributed by atoms with Gasteiger partial charge in [-0.05, 0) is 25.7 Å². The second kappa shape index (κ2) is 17.8. The third-order valence-electron chi connectivity index (χ3n) is 6.17. The molecular formula is C25H47NO3. The van der Waals surface area contributed by atoms with Crippen LogP contribution in [0.2, 0.25) is 0 Å². The predicted molar refractivity (Wildman–Crippen MR) is 121 cm³/mol. The van der Waals surface area contributed by atoms with Gasteiger partial charge >= 0.3 is 5.97 Å². The van der Waals surface area contributed by atoms with Crippen LogP contribution in [-0.2, 0) is 14.3 Å². The minimum Gasteiger partial charge on any atom is -0.465 e. The van der Waals surface area contributed by atoms with E-state index in [1.165, 1.54) is 64.2 Å². The maximum atomic E-state index is 12.3. The van der Waals surface area contributed by atoms with E-state index in [0.29, 0.717) is 26.1 Å². The van der Waals surface area contributed by atoms with E-state index in [9.17, 15) is 9.59 Å². The lowest BCUT2D eigenvalue weighted by atomic mass is 9.96. The number of carbonyl (C=O) groups excluding carboxylic acids is 2. The minimum absolute atomic E-state index is 0.0119. The smallest absolute Gasteiger partial charge is 0.309 e. The summed E-state index contributed by atoms with van der Waals surface area (Å²) >= 11 is 0. The SMILES string of the molecule is CCCCCCCCCCCOC(=O)C1CCN(C(=O)CCCCCCC)CC1. The van der Waals surface area contributed by atoms with Crippen molar-refractivity contribution in [2.75, 3.05) is 19.7 Å². The van der Waals surface area contributed by atoms with Gasteiger partial charge in [0.05, 0.1) is 12.5 Å². The summed E-state index contributed by atoms with van der Waals surface area (Å²) in [6.45, 7) is 6.44. The number of unbranched alkanes of at least 4 members (excludes halogenated alkanes) is 12. The second-order valence-corrected chi connectivity index (χ2v) is 8.82. The summed E-state index contributed by atoms with van der Waals surface area (Å²) in [5.41, 5.74) is 0. The Morgan fingerprint density at radius 3 is 1.76 bits per heavy atom. The van der Waals surface area contributed by atoms with E-state index < -0.39 is 0 Å². The van der Waals surface area contributed by atoms with E-state index in [2.05, 4.69) is 13.8 Å². The molecule has 29 heavy (non-hydrogen) atoms. The van der Waals surface area contributed by atoms with Gasteiger partial charge in [0.2, 0.25) is 5.91 Å². The molecule has 1 heterocycles. The molecule has 0 aliphatic carbocycles. The normalized spacial score (nSPS) is 14.9. The number of esters is 1. The number of likely N-dealkylation sites (tertiary alicyclic amines) is 1. The first-order valence-electron chi connectivity index (χ1n) is 12.6. The maximum absolute atomic E-state index is 12.3. The molecule has 1 aliphatic heterocycles. The summed E-state index contributed by atoms with van der Waals surface area (Å²) in [7, 11) is 0. The molecule has 0 aromatic carbocycles. The average molecular weight is 410 g/mol. The zero-order valence-electron chi connectivity index (χ0n) is 19.4. The summed E-state index contributed by atoms with van der Waals surface area (Å²) < 4.78 is 5.50. The molecule has 1 rings (SSSR count). The van der Waals surface area contributed by atoms with Gasteiger partial charge in [-0.1, -0.05) is 90.9 Å². The van der Waals surface area contributed by atoms with Crippen LogP contribution in [0.1, 0.15) is 123 Å². The van der Waals surface area contributed by atoms with Crippen LogP contribution >= 0.6 is 0 Å².